The minimum atomic E-state index is -4.46. The molecule has 1 atom stereocenters. The molecular formula is C29H21ClF4N2O3. The number of esters is 1. The summed E-state index contributed by atoms with van der Waals surface area (Å²) < 4.78 is 56.9. The van der Waals surface area contributed by atoms with Gasteiger partial charge in [-0.05, 0) is 52.6 Å². The van der Waals surface area contributed by atoms with Gasteiger partial charge < -0.3 is 10.1 Å². The number of aromatic nitrogens is 1. The Labute approximate surface area is 226 Å². The topological polar surface area (TPSA) is 68.3 Å². The Balaban J connectivity index is 1.49. The lowest BCUT2D eigenvalue weighted by atomic mass is 10.00. The number of pyridine rings is 1. The Hall–Kier alpha value is -4.24. The second-order valence-corrected chi connectivity index (χ2v) is 9.02. The highest BCUT2D eigenvalue weighted by atomic mass is 35.5. The third kappa shape index (κ3) is 6.80. The number of methoxy groups -OCH3 is 1. The first-order chi connectivity index (χ1) is 18.5. The highest BCUT2D eigenvalue weighted by molar-refractivity contribution is 6.31. The van der Waals surface area contributed by atoms with E-state index in [0.29, 0.717) is 16.7 Å². The molecule has 0 saturated carbocycles. The van der Waals surface area contributed by atoms with Gasteiger partial charge in [0.1, 0.15) is 11.9 Å². The molecule has 1 amide bonds. The van der Waals surface area contributed by atoms with Crippen molar-refractivity contribution < 1.29 is 31.9 Å². The van der Waals surface area contributed by atoms with Crippen molar-refractivity contribution in [2.24, 2.45) is 0 Å². The summed E-state index contributed by atoms with van der Waals surface area (Å²) in [6, 6.07) is 16.4. The number of hydrogen-bond donors (Lipinski definition) is 1. The van der Waals surface area contributed by atoms with Gasteiger partial charge in [0.25, 0.3) is 5.91 Å². The van der Waals surface area contributed by atoms with E-state index >= 15 is 0 Å². The third-order valence-electron chi connectivity index (χ3n) is 5.98. The highest BCUT2D eigenvalue weighted by Crippen LogP contribution is 2.31. The van der Waals surface area contributed by atoms with E-state index in [0.717, 1.165) is 23.3 Å². The van der Waals surface area contributed by atoms with E-state index in [2.05, 4.69) is 10.3 Å². The summed E-state index contributed by atoms with van der Waals surface area (Å²) in [6.45, 7) is 0. The molecule has 39 heavy (non-hydrogen) atoms. The lowest BCUT2D eigenvalue weighted by Gasteiger charge is -2.17. The number of benzene rings is 3. The zero-order valence-corrected chi connectivity index (χ0v) is 21.2. The molecule has 0 saturated heterocycles. The fraction of sp³-hybridized carbons (Fsp3) is 0.138. The van der Waals surface area contributed by atoms with Crippen molar-refractivity contribution in [3.05, 3.63) is 113 Å². The maximum absolute atomic E-state index is 13.5. The SMILES string of the molecule is COC(=O)[C@@H](Cc1ccc(-c2ccc(F)c(Cl)c2)cc1)NC(=O)c1cncc(-c2ccc(C(F)(F)F)cc2)c1. The van der Waals surface area contributed by atoms with E-state index in [1.807, 2.05) is 0 Å². The van der Waals surface area contributed by atoms with E-state index < -0.39 is 35.5 Å². The van der Waals surface area contributed by atoms with Crippen molar-refractivity contribution in [1.82, 2.24) is 10.3 Å². The molecule has 0 aliphatic rings. The molecule has 4 aromatic rings. The van der Waals surface area contributed by atoms with Crippen molar-refractivity contribution in [3.8, 4) is 22.3 Å². The molecule has 0 aliphatic carbocycles. The molecule has 4 rings (SSSR count). The van der Waals surface area contributed by atoms with Crippen LogP contribution in [-0.4, -0.2) is 30.0 Å². The van der Waals surface area contributed by atoms with Gasteiger partial charge >= 0.3 is 12.1 Å². The van der Waals surface area contributed by atoms with Crippen LogP contribution >= 0.6 is 11.6 Å². The summed E-state index contributed by atoms with van der Waals surface area (Å²) >= 11 is 5.87. The number of amides is 1. The van der Waals surface area contributed by atoms with Crippen LogP contribution in [0.15, 0.2) is 85.2 Å². The summed E-state index contributed by atoms with van der Waals surface area (Å²) in [5.41, 5.74) is 2.42. The number of carbonyl (C=O) groups is 2. The predicted molar refractivity (Wildman–Crippen MR) is 138 cm³/mol. The first-order valence-electron chi connectivity index (χ1n) is 11.6. The fourth-order valence-electron chi connectivity index (χ4n) is 3.90. The van der Waals surface area contributed by atoms with Crippen LogP contribution in [-0.2, 0) is 22.1 Å². The summed E-state index contributed by atoms with van der Waals surface area (Å²) in [4.78, 5) is 29.5. The molecule has 0 spiro atoms. The average molecular weight is 557 g/mol. The normalized spacial score (nSPS) is 12.1. The van der Waals surface area contributed by atoms with Crippen LogP contribution in [0.4, 0.5) is 17.6 Å². The summed E-state index contributed by atoms with van der Waals surface area (Å²) in [7, 11) is 1.20. The number of rotatable bonds is 7. The quantitative estimate of drug-likeness (QED) is 0.202. The van der Waals surface area contributed by atoms with Gasteiger partial charge in [0.15, 0.2) is 0 Å². The third-order valence-corrected chi connectivity index (χ3v) is 6.27. The molecule has 1 heterocycles. The van der Waals surface area contributed by atoms with Gasteiger partial charge in [0.2, 0.25) is 0 Å². The van der Waals surface area contributed by atoms with Crippen molar-refractivity contribution in [3.63, 3.8) is 0 Å². The number of nitrogens with zero attached hydrogens (tertiary/aromatic N) is 1. The monoisotopic (exact) mass is 556 g/mol. The molecule has 3 aromatic carbocycles. The number of alkyl halides is 3. The first-order valence-corrected chi connectivity index (χ1v) is 12.0. The van der Waals surface area contributed by atoms with E-state index in [9.17, 15) is 27.2 Å². The maximum atomic E-state index is 13.5. The second kappa shape index (κ2) is 11.7. The van der Waals surface area contributed by atoms with Gasteiger partial charge in [-0.15, -0.1) is 0 Å². The Morgan fingerprint density at radius 1 is 0.897 bits per heavy atom. The molecule has 0 unspecified atom stereocenters. The molecule has 1 N–H and O–H groups in total. The Morgan fingerprint density at radius 3 is 2.13 bits per heavy atom. The Bertz CT molecular complexity index is 1490. The number of nitrogens with one attached hydrogen (secondary N) is 1. The Kier molecular flexibility index (Phi) is 8.30. The van der Waals surface area contributed by atoms with Gasteiger partial charge in [-0.1, -0.05) is 54.1 Å². The first kappa shape index (κ1) is 27.8. The largest absolute Gasteiger partial charge is 0.467 e. The standard InChI is InChI=1S/C29H21ClF4N2O3/c1-39-28(38)26(12-17-2-4-18(5-3-17)20-8-11-25(31)24(30)14-20)36-27(37)22-13-21(15-35-16-22)19-6-9-23(10-7-19)29(32,33)34/h2-11,13-16,26H,12H2,1H3,(H,36,37)/t26-/m1/s1. The molecule has 0 radical (unpaired) electrons. The van der Waals surface area contributed by atoms with Crippen LogP contribution in [0.2, 0.25) is 5.02 Å². The molecule has 0 aliphatic heterocycles. The van der Waals surface area contributed by atoms with Crippen molar-refractivity contribution in [1.29, 1.82) is 0 Å². The van der Waals surface area contributed by atoms with Gasteiger partial charge in [-0.25, -0.2) is 9.18 Å². The van der Waals surface area contributed by atoms with Crippen LogP contribution in [0.25, 0.3) is 22.3 Å². The number of ether oxygens (including phenoxy) is 1. The molecule has 200 valence electrons. The van der Waals surface area contributed by atoms with Crippen molar-refractivity contribution >= 4 is 23.5 Å². The summed E-state index contributed by atoms with van der Waals surface area (Å²) in [5.74, 6) is -1.79. The van der Waals surface area contributed by atoms with Crippen LogP contribution in [0, 0.1) is 5.82 Å². The molecule has 1 aromatic heterocycles. The van der Waals surface area contributed by atoms with E-state index in [1.54, 1.807) is 30.3 Å². The lowest BCUT2D eigenvalue weighted by Crippen LogP contribution is -2.43. The number of halogens is 5. The lowest BCUT2D eigenvalue weighted by molar-refractivity contribution is -0.143. The minimum Gasteiger partial charge on any atom is -0.467 e. The minimum absolute atomic E-state index is 0.00178. The Morgan fingerprint density at radius 2 is 1.51 bits per heavy atom. The van der Waals surface area contributed by atoms with Crippen LogP contribution in [0.3, 0.4) is 0 Å². The molecule has 10 heteroatoms. The van der Waals surface area contributed by atoms with Gasteiger partial charge in [-0.3, -0.25) is 9.78 Å². The second-order valence-electron chi connectivity index (χ2n) is 8.62. The summed E-state index contributed by atoms with van der Waals surface area (Å²) in [6.07, 6.45) is -1.63. The van der Waals surface area contributed by atoms with Crippen LogP contribution in [0.1, 0.15) is 21.5 Å². The van der Waals surface area contributed by atoms with E-state index in [4.69, 9.17) is 16.3 Å². The molecule has 5 nitrogen and oxygen atoms in total. The molecule has 0 fully saturated rings. The highest BCUT2D eigenvalue weighted by Gasteiger charge is 2.30. The van der Waals surface area contributed by atoms with Crippen LogP contribution < -0.4 is 5.32 Å². The van der Waals surface area contributed by atoms with Crippen molar-refractivity contribution in [2.45, 2.75) is 18.6 Å². The van der Waals surface area contributed by atoms with Gasteiger partial charge in [0, 0.05) is 24.4 Å². The zero-order valence-electron chi connectivity index (χ0n) is 20.4. The zero-order chi connectivity index (χ0) is 28.2. The number of hydrogen-bond acceptors (Lipinski definition) is 4. The maximum Gasteiger partial charge on any atom is 0.416 e. The molecular weight excluding hydrogens is 536 g/mol. The van der Waals surface area contributed by atoms with E-state index in [-0.39, 0.29) is 17.0 Å². The van der Waals surface area contributed by atoms with Crippen LogP contribution in [0.5, 0.6) is 0 Å². The molecule has 0 bridgehead atoms. The van der Waals surface area contributed by atoms with Gasteiger partial charge in [0.05, 0.1) is 23.3 Å². The average Bonchev–Trinajstić information content (AvgIpc) is 2.93. The number of carbonyl (C=O) groups excluding carboxylic acids is 2. The van der Waals surface area contributed by atoms with Crippen molar-refractivity contribution in [2.75, 3.05) is 7.11 Å². The fourth-order valence-corrected chi connectivity index (χ4v) is 4.08. The smallest absolute Gasteiger partial charge is 0.416 e. The predicted octanol–water partition coefficient (Wildman–Crippen LogP) is 6.74. The van der Waals surface area contributed by atoms with E-state index in [1.165, 1.54) is 49.8 Å². The van der Waals surface area contributed by atoms with Gasteiger partial charge in [-0.2, -0.15) is 13.2 Å². The summed E-state index contributed by atoms with van der Waals surface area (Å²) in [5, 5.41) is 2.64.